The van der Waals surface area contributed by atoms with Crippen molar-refractivity contribution in [3.8, 4) is 0 Å². The number of benzene rings is 1. The fourth-order valence-electron chi connectivity index (χ4n) is 1.76. The van der Waals surface area contributed by atoms with E-state index < -0.39 is 0 Å². The zero-order chi connectivity index (χ0) is 12.3. The molecule has 0 saturated heterocycles. The molecule has 1 heterocycles. The van der Waals surface area contributed by atoms with Gasteiger partial charge in [0, 0.05) is 27.3 Å². The van der Waals surface area contributed by atoms with Gasteiger partial charge in [0.05, 0.1) is 5.01 Å². The first-order valence-corrected chi connectivity index (χ1v) is 7.56. The standard InChI is InChI=1S/C13H13BrClNS/c1-9-16-8-13(17-9)6-11(7-15)10-3-2-4-12(14)5-10/h2-5,8,11H,6-7H2,1H3. The molecule has 0 aliphatic heterocycles. The molecule has 0 bridgehead atoms. The van der Waals surface area contributed by atoms with E-state index in [1.54, 1.807) is 11.3 Å². The molecular weight excluding hydrogens is 318 g/mol. The van der Waals surface area contributed by atoms with E-state index in [0.717, 1.165) is 15.9 Å². The lowest BCUT2D eigenvalue weighted by Crippen LogP contribution is -2.03. The van der Waals surface area contributed by atoms with Gasteiger partial charge >= 0.3 is 0 Å². The molecule has 0 aliphatic carbocycles. The van der Waals surface area contributed by atoms with Crippen LogP contribution in [0.1, 0.15) is 21.4 Å². The number of rotatable bonds is 4. The molecule has 1 atom stereocenters. The van der Waals surface area contributed by atoms with Gasteiger partial charge in [0.2, 0.25) is 0 Å². The Morgan fingerprint density at radius 3 is 2.88 bits per heavy atom. The van der Waals surface area contributed by atoms with Gasteiger partial charge in [-0.15, -0.1) is 22.9 Å². The summed E-state index contributed by atoms with van der Waals surface area (Å²) >= 11 is 11.3. The topological polar surface area (TPSA) is 12.9 Å². The maximum atomic E-state index is 6.08. The number of aryl methyl sites for hydroxylation is 1. The summed E-state index contributed by atoms with van der Waals surface area (Å²) in [6.45, 7) is 2.03. The van der Waals surface area contributed by atoms with Crippen LogP contribution < -0.4 is 0 Å². The van der Waals surface area contributed by atoms with Crippen LogP contribution in [0.4, 0.5) is 0 Å². The Balaban J connectivity index is 2.16. The van der Waals surface area contributed by atoms with Crippen molar-refractivity contribution in [3.63, 3.8) is 0 Å². The Morgan fingerprint density at radius 1 is 1.47 bits per heavy atom. The number of alkyl halides is 1. The number of nitrogens with zero attached hydrogens (tertiary/aromatic N) is 1. The highest BCUT2D eigenvalue weighted by Crippen LogP contribution is 2.26. The van der Waals surface area contributed by atoms with Gasteiger partial charge in [-0.2, -0.15) is 0 Å². The summed E-state index contributed by atoms with van der Waals surface area (Å²) in [6, 6.07) is 8.36. The zero-order valence-electron chi connectivity index (χ0n) is 9.49. The lowest BCUT2D eigenvalue weighted by molar-refractivity contribution is 0.774. The number of thiazole rings is 1. The van der Waals surface area contributed by atoms with Gasteiger partial charge in [-0.25, -0.2) is 4.98 Å². The molecule has 0 fully saturated rings. The Kier molecular flexibility index (Phi) is 4.60. The second-order valence-corrected chi connectivity index (χ2v) is 6.50. The van der Waals surface area contributed by atoms with Gasteiger partial charge in [-0.05, 0) is 31.0 Å². The average Bonchev–Trinajstić information content (AvgIpc) is 2.72. The Hall–Kier alpha value is -0.380. The third kappa shape index (κ3) is 3.54. The van der Waals surface area contributed by atoms with E-state index in [2.05, 4.69) is 39.1 Å². The summed E-state index contributed by atoms with van der Waals surface area (Å²) in [7, 11) is 0. The van der Waals surface area contributed by atoms with E-state index >= 15 is 0 Å². The first-order valence-electron chi connectivity index (χ1n) is 5.42. The van der Waals surface area contributed by atoms with E-state index in [9.17, 15) is 0 Å². The van der Waals surface area contributed by atoms with E-state index in [0.29, 0.717) is 11.8 Å². The van der Waals surface area contributed by atoms with Crippen LogP contribution in [0.2, 0.25) is 0 Å². The number of aromatic nitrogens is 1. The van der Waals surface area contributed by atoms with Crippen molar-refractivity contribution in [2.75, 3.05) is 5.88 Å². The third-order valence-electron chi connectivity index (χ3n) is 2.62. The molecule has 0 amide bonds. The minimum absolute atomic E-state index is 0.356. The number of hydrogen-bond donors (Lipinski definition) is 0. The summed E-state index contributed by atoms with van der Waals surface area (Å²) in [5.41, 5.74) is 1.28. The molecule has 1 aromatic carbocycles. The second-order valence-electron chi connectivity index (χ2n) is 3.96. The quantitative estimate of drug-likeness (QED) is 0.735. The van der Waals surface area contributed by atoms with Gasteiger partial charge in [-0.3, -0.25) is 0 Å². The van der Waals surface area contributed by atoms with E-state index in [-0.39, 0.29) is 0 Å². The first kappa shape index (κ1) is 13.1. The minimum Gasteiger partial charge on any atom is -0.250 e. The van der Waals surface area contributed by atoms with Crippen LogP contribution in [0.5, 0.6) is 0 Å². The zero-order valence-corrected chi connectivity index (χ0v) is 12.6. The maximum absolute atomic E-state index is 6.08. The van der Waals surface area contributed by atoms with Gasteiger partial charge < -0.3 is 0 Å². The monoisotopic (exact) mass is 329 g/mol. The minimum atomic E-state index is 0.356. The smallest absolute Gasteiger partial charge is 0.0896 e. The summed E-state index contributed by atoms with van der Waals surface area (Å²) in [6.07, 6.45) is 2.92. The molecular formula is C13H13BrClNS. The summed E-state index contributed by atoms with van der Waals surface area (Å²) in [5, 5.41) is 1.11. The average molecular weight is 331 g/mol. The highest BCUT2D eigenvalue weighted by atomic mass is 79.9. The number of halogens is 2. The summed E-state index contributed by atoms with van der Waals surface area (Å²) < 4.78 is 1.10. The van der Waals surface area contributed by atoms with E-state index in [4.69, 9.17) is 11.6 Å². The molecule has 2 rings (SSSR count). The van der Waals surface area contributed by atoms with Crippen molar-refractivity contribution in [1.82, 2.24) is 4.98 Å². The van der Waals surface area contributed by atoms with Crippen molar-refractivity contribution in [3.05, 3.63) is 50.4 Å². The van der Waals surface area contributed by atoms with E-state index in [1.807, 2.05) is 19.2 Å². The molecule has 1 unspecified atom stereocenters. The Labute approximate surface area is 119 Å². The van der Waals surface area contributed by atoms with Crippen molar-refractivity contribution >= 4 is 38.9 Å². The largest absolute Gasteiger partial charge is 0.250 e. The molecule has 90 valence electrons. The highest BCUT2D eigenvalue weighted by Gasteiger charge is 2.13. The second kappa shape index (κ2) is 5.98. The van der Waals surface area contributed by atoms with Crippen LogP contribution in [0.3, 0.4) is 0 Å². The predicted molar refractivity (Wildman–Crippen MR) is 78.2 cm³/mol. The fourth-order valence-corrected chi connectivity index (χ4v) is 3.34. The molecule has 4 heteroatoms. The molecule has 0 spiro atoms. The summed E-state index contributed by atoms with van der Waals surface area (Å²) in [5.74, 6) is 0.988. The fraction of sp³-hybridized carbons (Fsp3) is 0.308. The maximum Gasteiger partial charge on any atom is 0.0896 e. The first-order chi connectivity index (χ1) is 8.19. The lowest BCUT2D eigenvalue weighted by Gasteiger charge is -2.13. The van der Waals surface area contributed by atoms with Crippen LogP contribution in [-0.2, 0) is 6.42 Å². The van der Waals surface area contributed by atoms with Crippen molar-refractivity contribution in [2.24, 2.45) is 0 Å². The molecule has 0 saturated carbocycles. The van der Waals surface area contributed by atoms with Crippen LogP contribution in [-0.4, -0.2) is 10.9 Å². The summed E-state index contributed by atoms with van der Waals surface area (Å²) in [4.78, 5) is 5.58. The van der Waals surface area contributed by atoms with Gasteiger partial charge in [-0.1, -0.05) is 28.1 Å². The predicted octanol–water partition coefficient (Wildman–Crippen LogP) is 4.78. The molecule has 1 nitrogen and oxygen atoms in total. The number of hydrogen-bond acceptors (Lipinski definition) is 2. The van der Waals surface area contributed by atoms with Crippen LogP contribution in [0.25, 0.3) is 0 Å². The molecule has 0 N–H and O–H groups in total. The normalized spacial score (nSPS) is 12.6. The highest BCUT2D eigenvalue weighted by molar-refractivity contribution is 9.10. The van der Waals surface area contributed by atoms with Crippen LogP contribution in [0, 0.1) is 6.92 Å². The molecule has 17 heavy (non-hydrogen) atoms. The Bertz CT molecular complexity index is 498. The van der Waals surface area contributed by atoms with Crippen LogP contribution in [0.15, 0.2) is 34.9 Å². The molecule has 0 aliphatic rings. The van der Waals surface area contributed by atoms with Crippen molar-refractivity contribution in [1.29, 1.82) is 0 Å². The van der Waals surface area contributed by atoms with Crippen molar-refractivity contribution in [2.45, 2.75) is 19.3 Å². The van der Waals surface area contributed by atoms with Gasteiger partial charge in [0.25, 0.3) is 0 Å². The van der Waals surface area contributed by atoms with Crippen molar-refractivity contribution < 1.29 is 0 Å². The van der Waals surface area contributed by atoms with E-state index in [1.165, 1.54) is 10.4 Å². The molecule has 0 radical (unpaired) electrons. The van der Waals surface area contributed by atoms with Crippen LogP contribution >= 0.6 is 38.9 Å². The molecule has 2 aromatic rings. The third-order valence-corrected chi connectivity index (χ3v) is 4.42. The van der Waals surface area contributed by atoms with Gasteiger partial charge in [0.1, 0.15) is 0 Å². The SMILES string of the molecule is Cc1ncc(CC(CCl)c2cccc(Br)c2)s1. The molecule has 1 aromatic heterocycles. The lowest BCUT2D eigenvalue weighted by atomic mass is 9.97. The van der Waals surface area contributed by atoms with Gasteiger partial charge in [0.15, 0.2) is 0 Å². The Morgan fingerprint density at radius 2 is 2.29 bits per heavy atom.